The Bertz CT molecular complexity index is 594. The highest BCUT2D eigenvalue weighted by molar-refractivity contribution is 5.72. The van der Waals surface area contributed by atoms with E-state index in [9.17, 15) is 0 Å². The summed E-state index contributed by atoms with van der Waals surface area (Å²) < 4.78 is 9.27. The Kier molecular flexibility index (Phi) is 7.21. The summed E-state index contributed by atoms with van der Waals surface area (Å²) in [5.41, 5.74) is 1.15. The molecular weight excluding hydrogens is 290 g/mol. The average Bonchev–Trinajstić information content (AvgIpc) is 2.81. The average molecular weight is 308 g/mol. The molecule has 0 aliphatic heterocycles. The highest BCUT2D eigenvalue weighted by Crippen LogP contribution is 2.01. The number of hydrogen-bond donors (Lipinski definition) is 1. The first-order chi connectivity index (χ1) is 9.81. The van der Waals surface area contributed by atoms with E-state index in [1.54, 1.807) is 0 Å². The molecule has 0 saturated carbocycles. The molecule has 0 saturated heterocycles. The molecule has 0 spiro atoms. The molecule has 2 aromatic rings. The molecule has 6 heteroatoms. The smallest absolute Gasteiger partial charge is 0.305 e. The fourth-order valence-corrected chi connectivity index (χ4v) is 1.83. The zero-order chi connectivity index (χ0) is 14.2. The molecule has 21 heavy (non-hydrogen) atoms. The SMILES string of the molecule is C[n+]1ccn(COC/C=C\c2ccccc2)c1/C=N/O.[Cl-]. The summed E-state index contributed by atoms with van der Waals surface area (Å²) >= 11 is 0. The van der Waals surface area contributed by atoms with E-state index < -0.39 is 0 Å². The number of hydrogen-bond acceptors (Lipinski definition) is 3. The maximum Gasteiger partial charge on any atom is 0.305 e. The zero-order valence-corrected chi connectivity index (χ0v) is 12.5. The molecule has 5 nitrogen and oxygen atoms in total. The molecule has 0 amide bonds. The lowest BCUT2D eigenvalue weighted by Gasteiger charge is -1.99. The molecule has 2 rings (SSSR count). The van der Waals surface area contributed by atoms with E-state index in [2.05, 4.69) is 5.16 Å². The molecule has 0 atom stereocenters. The molecule has 0 fully saturated rings. The molecule has 0 radical (unpaired) electrons. The van der Waals surface area contributed by atoms with Crippen LogP contribution >= 0.6 is 0 Å². The van der Waals surface area contributed by atoms with Crippen LogP contribution in [0.1, 0.15) is 11.4 Å². The van der Waals surface area contributed by atoms with E-state index >= 15 is 0 Å². The Morgan fingerprint density at radius 2 is 2.10 bits per heavy atom. The zero-order valence-electron chi connectivity index (χ0n) is 11.8. The number of aryl methyl sites for hydroxylation is 1. The van der Waals surface area contributed by atoms with Gasteiger partial charge in [-0.2, -0.15) is 0 Å². The molecule has 0 bridgehead atoms. The second-order valence-corrected chi connectivity index (χ2v) is 4.29. The normalized spacial score (nSPS) is 11.1. The maximum absolute atomic E-state index is 8.61. The summed E-state index contributed by atoms with van der Waals surface area (Å²) in [6, 6.07) is 10.1. The van der Waals surface area contributed by atoms with Crippen molar-refractivity contribution in [2.24, 2.45) is 12.2 Å². The highest BCUT2D eigenvalue weighted by Gasteiger charge is 2.11. The van der Waals surface area contributed by atoms with Gasteiger partial charge in [0.15, 0.2) is 12.9 Å². The van der Waals surface area contributed by atoms with Crippen molar-refractivity contribution in [3.05, 3.63) is 60.2 Å². The quantitative estimate of drug-likeness (QED) is 0.240. The van der Waals surface area contributed by atoms with Crippen LogP contribution in [-0.4, -0.2) is 22.6 Å². The number of oxime groups is 1. The minimum absolute atomic E-state index is 0. The largest absolute Gasteiger partial charge is 1.00 e. The van der Waals surface area contributed by atoms with Gasteiger partial charge < -0.3 is 22.4 Å². The van der Waals surface area contributed by atoms with Crippen molar-refractivity contribution in [1.82, 2.24) is 4.57 Å². The van der Waals surface area contributed by atoms with Crippen molar-refractivity contribution in [2.75, 3.05) is 6.61 Å². The van der Waals surface area contributed by atoms with Crippen LogP contribution < -0.4 is 17.0 Å². The topological polar surface area (TPSA) is 50.6 Å². The lowest BCUT2D eigenvalue weighted by molar-refractivity contribution is -0.672. The molecule has 1 N–H and O–H groups in total. The van der Waals surface area contributed by atoms with Gasteiger partial charge in [-0.1, -0.05) is 47.6 Å². The number of ether oxygens (including phenoxy) is 1. The Balaban J connectivity index is 0.00000220. The van der Waals surface area contributed by atoms with Crippen molar-refractivity contribution in [3.8, 4) is 0 Å². The van der Waals surface area contributed by atoms with Crippen LogP contribution in [0.3, 0.4) is 0 Å². The molecule has 1 aromatic carbocycles. The summed E-state index contributed by atoms with van der Waals surface area (Å²) in [6.07, 6.45) is 9.12. The van der Waals surface area contributed by atoms with E-state index in [0.29, 0.717) is 13.3 Å². The van der Waals surface area contributed by atoms with Gasteiger partial charge in [-0.15, -0.1) is 0 Å². The van der Waals surface area contributed by atoms with Gasteiger partial charge in [0.2, 0.25) is 0 Å². The van der Waals surface area contributed by atoms with Crippen LogP contribution in [0.4, 0.5) is 0 Å². The summed E-state index contributed by atoms with van der Waals surface area (Å²) in [6.45, 7) is 0.924. The Hall–Kier alpha value is -2.11. The van der Waals surface area contributed by atoms with E-state index in [1.807, 2.05) is 71.1 Å². The van der Waals surface area contributed by atoms with Crippen LogP contribution in [0.15, 0.2) is 54.0 Å². The molecule has 1 aromatic heterocycles. The minimum atomic E-state index is 0. The lowest BCUT2D eigenvalue weighted by atomic mass is 10.2. The summed E-state index contributed by atoms with van der Waals surface area (Å²) in [7, 11) is 1.88. The van der Waals surface area contributed by atoms with Crippen molar-refractivity contribution < 1.29 is 26.9 Å². The number of nitrogens with zero attached hydrogens (tertiary/aromatic N) is 3. The van der Waals surface area contributed by atoms with E-state index in [1.165, 1.54) is 6.21 Å². The predicted molar refractivity (Wildman–Crippen MR) is 76.4 cm³/mol. The van der Waals surface area contributed by atoms with Gasteiger partial charge in [0.05, 0.1) is 13.7 Å². The van der Waals surface area contributed by atoms with Crippen molar-refractivity contribution >= 4 is 12.3 Å². The third kappa shape index (κ3) is 5.06. The Morgan fingerprint density at radius 1 is 1.33 bits per heavy atom. The Labute approximate surface area is 130 Å². The highest BCUT2D eigenvalue weighted by atomic mass is 35.5. The van der Waals surface area contributed by atoms with Gasteiger partial charge >= 0.3 is 5.82 Å². The second-order valence-electron chi connectivity index (χ2n) is 4.29. The molecular formula is C15H18ClN3O2. The molecule has 112 valence electrons. The monoisotopic (exact) mass is 307 g/mol. The van der Waals surface area contributed by atoms with Gasteiger partial charge in [-0.05, 0) is 5.56 Å². The first kappa shape index (κ1) is 16.9. The van der Waals surface area contributed by atoms with Crippen LogP contribution in [0.25, 0.3) is 6.08 Å². The first-order valence-electron chi connectivity index (χ1n) is 6.33. The van der Waals surface area contributed by atoms with Gasteiger partial charge in [0.25, 0.3) is 0 Å². The third-order valence-electron chi connectivity index (χ3n) is 2.85. The van der Waals surface area contributed by atoms with Gasteiger partial charge in [0, 0.05) is 0 Å². The van der Waals surface area contributed by atoms with Crippen LogP contribution in [0.5, 0.6) is 0 Å². The van der Waals surface area contributed by atoms with Gasteiger partial charge in [-0.25, -0.2) is 9.13 Å². The van der Waals surface area contributed by atoms with Crippen LogP contribution in [-0.2, 0) is 18.5 Å². The number of halogens is 1. The number of benzene rings is 1. The van der Waals surface area contributed by atoms with Gasteiger partial charge in [0.1, 0.15) is 12.4 Å². The standard InChI is InChI=1S/C15H17N3O2.ClH/c1-17-9-10-18(15(17)12-16-19)13-20-11-5-8-14-6-3-2-4-7-14;/h2-10,12H,11,13H2,1H3;1H/b8-5-;. The fraction of sp³-hybridized carbons (Fsp3) is 0.200. The first-order valence-corrected chi connectivity index (χ1v) is 6.33. The van der Waals surface area contributed by atoms with E-state index in [-0.39, 0.29) is 12.4 Å². The third-order valence-corrected chi connectivity index (χ3v) is 2.85. The van der Waals surface area contributed by atoms with Crippen LogP contribution in [0, 0.1) is 0 Å². The summed E-state index contributed by atoms with van der Waals surface area (Å²) in [5.74, 6) is 0.763. The summed E-state index contributed by atoms with van der Waals surface area (Å²) in [5, 5.41) is 11.7. The van der Waals surface area contributed by atoms with Crippen molar-refractivity contribution in [1.29, 1.82) is 0 Å². The maximum atomic E-state index is 8.61. The molecule has 0 unspecified atom stereocenters. The van der Waals surface area contributed by atoms with E-state index in [4.69, 9.17) is 9.94 Å². The minimum Gasteiger partial charge on any atom is -1.00 e. The Morgan fingerprint density at radius 3 is 2.81 bits per heavy atom. The van der Waals surface area contributed by atoms with E-state index in [0.717, 1.165) is 11.4 Å². The number of aromatic nitrogens is 2. The predicted octanol–water partition coefficient (Wildman–Crippen LogP) is -1.19. The van der Waals surface area contributed by atoms with Gasteiger partial charge in [-0.3, -0.25) is 0 Å². The molecule has 0 aliphatic rings. The fourth-order valence-electron chi connectivity index (χ4n) is 1.83. The molecule has 0 aliphatic carbocycles. The number of imidazole rings is 1. The molecule has 1 heterocycles. The van der Waals surface area contributed by atoms with Crippen molar-refractivity contribution in [3.63, 3.8) is 0 Å². The van der Waals surface area contributed by atoms with Crippen molar-refractivity contribution in [2.45, 2.75) is 6.73 Å². The number of rotatable bonds is 6. The van der Waals surface area contributed by atoms with Crippen LogP contribution in [0.2, 0.25) is 0 Å². The second kappa shape index (κ2) is 8.94. The lowest BCUT2D eigenvalue weighted by Crippen LogP contribution is -3.00. The summed E-state index contributed by atoms with van der Waals surface area (Å²) in [4.78, 5) is 0.